The Morgan fingerprint density at radius 2 is 2.25 bits per heavy atom. The fourth-order valence-electron chi connectivity index (χ4n) is 2.38. The van der Waals surface area contributed by atoms with E-state index in [0.717, 1.165) is 18.6 Å². The van der Waals surface area contributed by atoms with Crippen molar-refractivity contribution in [2.24, 2.45) is 7.05 Å². The molecule has 0 aliphatic heterocycles. The maximum atomic E-state index is 5.57. The van der Waals surface area contributed by atoms with Crippen LogP contribution in [0.25, 0.3) is 0 Å². The lowest BCUT2D eigenvalue weighted by atomic mass is 10.00. The van der Waals surface area contributed by atoms with Crippen molar-refractivity contribution in [1.82, 2.24) is 15.1 Å². The average molecular weight is 273 g/mol. The van der Waals surface area contributed by atoms with Crippen LogP contribution in [0, 0.1) is 0 Å². The first kappa shape index (κ1) is 14.6. The van der Waals surface area contributed by atoms with Crippen molar-refractivity contribution < 1.29 is 4.74 Å². The molecule has 0 spiro atoms. The second kappa shape index (κ2) is 7.10. The minimum atomic E-state index is 0.329. The predicted octanol–water partition coefficient (Wildman–Crippen LogP) is 2.71. The van der Waals surface area contributed by atoms with Crippen molar-refractivity contribution in [3.05, 3.63) is 47.8 Å². The van der Waals surface area contributed by atoms with Crippen LogP contribution in [0.15, 0.2) is 36.7 Å². The summed E-state index contributed by atoms with van der Waals surface area (Å²) in [5.41, 5.74) is 2.54. The molecule has 4 heteroatoms. The third-order valence-electron chi connectivity index (χ3n) is 3.40. The van der Waals surface area contributed by atoms with E-state index >= 15 is 0 Å². The van der Waals surface area contributed by atoms with Crippen molar-refractivity contribution in [1.29, 1.82) is 0 Å². The Kier molecular flexibility index (Phi) is 5.18. The molecule has 0 aliphatic rings. The summed E-state index contributed by atoms with van der Waals surface area (Å²) in [5.74, 6) is 0.937. The van der Waals surface area contributed by atoms with E-state index in [9.17, 15) is 0 Å². The zero-order chi connectivity index (χ0) is 14.4. The van der Waals surface area contributed by atoms with Crippen molar-refractivity contribution in [2.75, 3.05) is 13.7 Å². The number of nitrogens with one attached hydrogen (secondary N) is 1. The Morgan fingerprint density at radius 3 is 2.90 bits per heavy atom. The van der Waals surface area contributed by atoms with E-state index in [0.29, 0.717) is 12.6 Å². The second-order valence-corrected chi connectivity index (χ2v) is 4.91. The number of ether oxygens (including phenoxy) is 1. The zero-order valence-corrected chi connectivity index (χ0v) is 12.5. The van der Waals surface area contributed by atoms with Crippen molar-refractivity contribution in [2.45, 2.75) is 25.8 Å². The fraction of sp³-hybridized carbons (Fsp3) is 0.438. The van der Waals surface area contributed by atoms with Crippen molar-refractivity contribution in [3.8, 4) is 5.75 Å². The summed E-state index contributed by atoms with van der Waals surface area (Å²) < 4.78 is 7.41. The molecule has 2 rings (SSSR count). The summed E-state index contributed by atoms with van der Waals surface area (Å²) in [4.78, 5) is 0. The van der Waals surface area contributed by atoms with Crippen molar-refractivity contribution >= 4 is 0 Å². The maximum Gasteiger partial charge on any atom is 0.119 e. The van der Waals surface area contributed by atoms with E-state index in [1.807, 2.05) is 38.0 Å². The van der Waals surface area contributed by atoms with Crippen LogP contribution in [0.2, 0.25) is 0 Å². The van der Waals surface area contributed by atoms with Gasteiger partial charge in [0.1, 0.15) is 5.75 Å². The van der Waals surface area contributed by atoms with E-state index in [-0.39, 0.29) is 0 Å². The monoisotopic (exact) mass is 273 g/mol. The highest BCUT2D eigenvalue weighted by molar-refractivity contribution is 5.30. The molecule has 1 N–H and O–H groups in total. The Bertz CT molecular complexity index is 536. The molecule has 1 aromatic carbocycles. The first-order valence-electron chi connectivity index (χ1n) is 7.10. The van der Waals surface area contributed by atoms with E-state index in [1.165, 1.54) is 11.1 Å². The van der Waals surface area contributed by atoms with E-state index in [4.69, 9.17) is 4.74 Å². The molecule has 0 saturated carbocycles. The van der Waals surface area contributed by atoms with Gasteiger partial charge >= 0.3 is 0 Å². The highest BCUT2D eigenvalue weighted by Crippen LogP contribution is 2.23. The van der Waals surface area contributed by atoms with Gasteiger partial charge in [0, 0.05) is 19.3 Å². The smallest absolute Gasteiger partial charge is 0.119 e. The van der Waals surface area contributed by atoms with Gasteiger partial charge in [0.2, 0.25) is 0 Å². The normalized spacial score (nSPS) is 12.3. The topological polar surface area (TPSA) is 39.1 Å². The van der Waals surface area contributed by atoms with Crippen LogP contribution in [-0.2, 0) is 13.5 Å². The predicted molar refractivity (Wildman–Crippen MR) is 80.9 cm³/mol. The Balaban J connectivity index is 2.01. The van der Waals surface area contributed by atoms with Gasteiger partial charge in [-0.2, -0.15) is 5.10 Å². The molecule has 108 valence electrons. The fourth-order valence-corrected chi connectivity index (χ4v) is 2.38. The minimum Gasteiger partial charge on any atom is -0.494 e. The zero-order valence-electron chi connectivity index (χ0n) is 12.5. The summed E-state index contributed by atoms with van der Waals surface area (Å²) in [5, 5.41) is 7.59. The number of hydrogen-bond acceptors (Lipinski definition) is 3. The average Bonchev–Trinajstić information content (AvgIpc) is 2.86. The van der Waals surface area contributed by atoms with Gasteiger partial charge in [-0.05, 0) is 50.1 Å². The summed E-state index contributed by atoms with van der Waals surface area (Å²) >= 11 is 0. The SMILES string of the molecule is CCOc1cccc(C(CCc2cnn(C)c2)NC)c1. The molecular weight excluding hydrogens is 250 g/mol. The van der Waals surface area contributed by atoms with Crippen LogP contribution in [0.1, 0.15) is 30.5 Å². The number of benzene rings is 1. The van der Waals surface area contributed by atoms with Gasteiger partial charge in [0.15, 0.2) is 0 Å². The van der Waals surface area contributed by atoms with Crippen molar-refractivity contribution in [3.63, 3.8) is 0 Å². The molecule has 0 amide bonds. The molecule has 4 nitrogen and oxygen atoms in total. The molecule has 20 heavy (non-hydrogen) atoms. The largest absolute Gasteiger partial charge is 0.494 e. The number of aryl methyl sites for hydroxylation is 2. The van der Waals surface area contributed by atoms with Crippen LogP contribution in [0.3, 0.4) is 0 Å². The van der Waals surface area contributed by atoms with Gasteiger partial charge in [0.05, 0.1) is 12.8 Å². The third-order valence-corrected chi connectivity index (χ3v) is 3.40. The lowest BCUT2D eigenvalue weighted by molar-refractivity contribution is 0.339. The number of rotatable bonds is 7. The summed E-state index contributed by atoms with van der Waals surface area (Å²) in [7, 11) is 3.95. The first-order chi connectivity index (χ1) is 9.72. The van der Waals surface area contributed by atoms with Gasteiger partial charge in [-0.1, -0.05) is 12.1 Å². The first-order valence-corrected chi connectivity index (χ1v) is 7.10. The van der Waals surface area contributed by atoms with Gasteiger partial charge in [-0.15, -0.1) is 0 Å². The quantitative estimate of drug-likeness (QED) is 0.843. The standard InChI is InChI=1S/C16H23N3O/c1-4-20-15-7-5-6-14(10-15)16(17-2)9-8-13-11-18-19(3)12-13/h5-7,10-12,16-17H,4,8-9H2,1-3H3. The van der Waals surface area contributed by atoms with E-state index in [2.05, 4.69) is 34.8 Å². The lowest BCUT2D eigenvalue weighted by Crippen LogP contribution is -2.17. The number of aromatic nitrogens is 2. The molecule has 0 fully saturated rings. The van der Waals surface area contributed by atoms with Gasteiger partial charge in [-0.25, -0.2) is 0 Å². The highest BCUT2D eigenvalue weighted by Gasteiger charge is 2.10. The molecule has 0 aliphatic carbocycles. The van der Waals surface area contributed by atoms with Crippen LogP contribution < -0.4 is 10.1 Å². The van der Waals surface area contributed by atoms with Gasteiger partial charge in [0.25, 0.3) is 0 Å². The molecule has 0 bridgehead atoms. The summed E-state index contributed by atoms with van der Waals surface area (Å²) in [6.07, 6.45) is 6.06. The molecule has 1 heterocycles. The molecule has 1 unspecified atom stereocenters. The molecule has 1 aromatic heterocycles. The van der Waals surface area contributed by atoms with Crippen LogP contribution in [0.4, 0.5) is 0 Å². The van der Waals surface area contributed by atoms with Crippen LogP contribution in [0.5, 0.6) is 5.75 Å². The summed E-state index contributed by atoms with van der Waals surface area (Å²) in [6.45, 7) is 2.70. The third kappa shape index (κ3) is 3.84. The van der Waals surface area contributed by atoms with E-state index in [1.54, 1.807) is 0 Å². The molecule has 2 aromatic rings. The Morgan fingerprint density at radius 1 is 1.40 bits per heavy atom. The van der Waals surface area contributed by atoms with Gasteiger partial charge in [-0.3, -0.25) is 4.68 Å². The molecule has 0 radical (unpaired) electrons. The molecular formula is C16H23N3O. The van der Waals surface area contributed by atoms with E-state index < -0.39 is 0 Å². The molecule has 1 atom stereocenters. The number of nitrogens with zero attached hydrogens (tertiary/aromatic N) is 2. The Hall–Kier alpha value is -1.81. The van der Waals surface area contributed by atoms with Crippen LogP contribution in [-0.4, -0.2) is 23.4 Å². The molecule has 0 saturated heterocycles. The Labute approximate surface area is 120 Å². The van der Waals surface area contributed by atoms with Gasteiger partial charge < -0.3 is 10.1 Å². The van der Waals surface area contributed by atoms with Crippen LogP contribution >= 0.6 is 0 Å². The number of hydrogen-bond donors (Lipinski definition) is 1. The highest BCUT2D eigenvalue weighted by atomic mass is 16.5. The maximum absolute atomic E-state index is 5.57. The minimum absolute atomic E-state index is 0.329. The second-order valence-electron chi connectivity index (χ2n) is 4.91. The summed E-state index contributed by atoms with van der Waals surface area (Å²) in [6, 6.07) is 8.65. The lowest BCUT2D eigenvalue weighted by Gasteiger charge is -2.17.